The Bertz CT molecular complexity index is 807. The van der Waals surface area contributed by atoms with Gasteiger partial charge in [0.15, 0.2) is 17.2 Å². The van der Waals surface area contributed by atoms with Crippen molar-refractivity contribution in [2.75, 3.05) is 18.6 Å². The molecule has 1 amide bonds. The minimum absolute atomic E-state index is 0.112. The fourth-order valence-electron chi connectivity index (χ4n) is 3.91. The van der Waals surface area contributed by atoms with Crippen LogP contribution in [0.2, 0.25) is 0 Å². The van der Waals surface area contributed by atoms with Crippen molar-refractivity contribution in [3.63, 3.8) is 0 Å². The third kappa shape index (κ3) is 1.53. The average Bonchev–Trinajstić information content (AvgIpc) is 3.16. The number of nitrogens with zero attached hydrogens (tertiary/aromatic N) is 1. The summed E-state index contributed by atoms with van der Waals surface area (Å²) < 4.78 is 10.6. The maximum Gasteiger partial charge on any atom is 0.409 e. The van der Waals surface area contributed by atoms with Gasteiger partial charge in [-0.3, -0.25) is 0 Å². The number of hydrogen-bond donors (Lipinski definition) is 5. The minimum atomic E-state index is -1.07. The van der Waals surface area contributed by atoms with Crippen molar-refractivity contribution in [2.45, 2.75) is 24.7 Å². The van der Waals surface area contributed by atoms with Gasteiger partial charge in [-0.15, -0.1) is 0 Å². The smallest absolute Gasteiger partial charge is 0.409 e. The van der Waals surface area contributed by atoms with E-state index in [4.69, 9.17) is 15.2 Å². The molecule has 0 saturated carbocycles. The Morgan fingerprint density at radius 1 is 1.38 bits per heavy atom. The number of piperazine rings is 1. The second-order valence-electron chi connectivity index (χ2n) is 6.12. The Kier molecular flexibility index (Phi) is 2.77. The van der Waals surface area contributed by atoms with Gasteiger partial charge in [-0.25, -0.2) is 4.79 Å². The number of hydrogen-bond acceptors (Lipinski definition) is 8. The second kappa shape index (κ2) is 4.46. The summed E-state index contributed by atoms with van der Waals surface area (Å²) in [6.45, 7) is 2.02. The summed E-state index contributed by atoms with van der Waals surface area (Å²) in [6.07, 6.45) is 0.0770. The van der Waals surface area contributed by atoms with Gasteiger partial charge < -0.3 is 40.7 Å². The summed E-state index contributed by atoms with van der Waals surface area (Å²) in [7, 11) is 1.49. The summed E-state index contributed by atoms with van der Waals surface area (Å²) in [5.41, 5.74) is 4.92. The number of aromatic hydroxyl groups is 3. The van der Waals surface area contributed by atoms with Crippen LogP contribution in [0.3, 0.4) is 0 Å². The molecule has 24 heavy (non-hydrogen) atoms. The fraction of sp³-hybridized carbons (Fsp3) is 0.400. The molecule has 3 heterocycles. The second-order valence-corrected chi connectivity index (χ2v) is 6.12. The lowest BCUT2D eigenvalue weighted by atomic mass is 9.95. The van der Waals surface area contributed by atoms with E-state index in [2.05, 4.69) is 5.32 Å². The summed E-state index contributed by atoms with van der Waals surface area (Å²) in [5.74, 6) is -1.02. The van der Waals surface area contributed by atoms with Gasteiger partial charge >= 0.3 is 6.09 Å². The zero-order valence-electron chi connectivity index (χ0n) is 13.0. The maximum absolute atomic E-state index is 11.0. The van der Waals surface area contributed by atoms with Crippen LogP contribution in [0, 0.1) is 6.92 Å². The highest BCUT2D eigenvalue weighted by molar-refractivity contribution is 5.99. The third-order valence-electron chi connectivity index (χ3n) is 5.05. The van der Waals surface area contributed by atoms with Gasteiger partial charge in [-0.1, -0.05) is 0 Å². The standard InChI is InChI=1S/C15H17N3O6/c1-5-10(19)9-8(12(21)11(5)20)6(4-24-14(16)22)15(23-2)13-7(17-13)3-18(9)15/h4,7,13,17,19-21H,3H2,1-2H3,(H2,16,22)/t7-,13-,15+/m0/s1. The Morgan fingerprint density at radius 3 is 2.71 bits per heavy atom. The van der Waals surface area contributed by atoms with Crippen molar-refractivity contribution in [1.82, 2.24) is 5.32 Å². The molecular weight excluding hydrogens is 318 g/mol. The molecule has 4 rings (SSSR count). The first kappa shape index (κ1) is 14.9. The molecular formula is C15H17N3O6. The van der Waals surface area contributed by atoms with Gasteiger partial charge in [0, 0.05) is 25.3 Å². The van der Waals surface area contributed by atoms with Crippen LogP contribution in [-0.2, 0) is 9.47 Å². The molecule has 3 aliphatic heterocycles. The van der Waals surface area contributed by atoms with Gasteiger partial charge in [0.05, 0.1) is 22.9 Å². The van der Waals surface area contributed by atoms with Gasteiger partial charge in [0.25, 0.3) is 0 Å². The molecule has 0 aromatic heterocycles. The molecule has 2 fully saturated rings. The molecule has 9 heteroatoms. The molecule has 0 bridgehead atoms. The Labute approximate surface area is 136 Å². The van der Waals surface area contributed by atoms with Crippen LogP contribution in [0.4, 0.5) is 10.5 Å². The number of primary amides is 1. The van der Waals surface area contributed by atoms with E-state index in [1.54, 1.807) is 4.90 Å². The number of phenols is 3. The van der Waals surface area contributed by atoms with Crippen LogP contribution in [0.25, 0.3) is 5.57 Å². The highest BCUT2D eigenvalue weighted by Crippen LogP contribution is 2.63. The first-order chi connectivity index (χ1) is 11.3. The van der Waals surface area contributed by atoms with Crippen molar-refractivity contribution in [2.24, 2.45) is 5.73 Å². The molecule has 0 unspecified atom stereocenters. The van der Waals surface area contributed by atoms with Crippen LogP contribution in [0.15, 0.2) is 6.26 Å². The van der Waals surface area contributed by atoms with Gasteiger partial charge in [-0.2, -0.15) is 0 Å². The Balaban J connectivity index is 2.02. The summed E-state index contributed by atoms with van der Waals surface area (Å²) in [5, 5.41) is 34.3. The SMILES string of the molecule is CO[C@@]12C(=COC(N)=O)c3c(O)c(O)c(C)c(O)c3N1C[C@@H]1N[C@@H]12. The van der Waals surface area contributed by atoms with Crippen LogP contribution >= 0.6 is 0 Å². The number of anilines is 1. The van der Waals surface area contributed by atoms with Crippen LogP contribution in [-0.4, -0.2) is 52.9 Å². The zero-order valence-corrected chi connectivity index (χ0v) is 13.0. The summed E-state index contributed by atoms with van der Waals surface area (Å²) >= 11 is 0. The molecule has 9 nitrogen and oxygen atoms in total. The third-order valence-corrected chi connectivity index (χ3v) is 5.05. The Hall–Kier alpha value is -2.65. The molecule has 0 radical (unpaired) electrons. The number of benzene rings is 1. The van der Waals surface area contributed by atoms with Crippen molar-refractivity contribution >= 4 is 17.4 Å². The lowest BCUT2D eigenvalue weighted by Crippen LogP contribution is -2.50. The number of phenolic OH excluding ortho intramolecular Hbond substituents is 3. The van der Waals surface area contributed by atoms with Gasteiger partial charge in [0.2, 0.25) is 0 Å². The number of carbonyl (C=O) groups excluding carboxylic acids is 1. The molecule has 0 spiro atoms. The van der Waals surface area contributed by atoms with Gasteiger partial charge in [-0.05, 0) is 6.92 Å². The van der Waals surface area contributed by atoms with E-state index < -0.39 is 23.3 Å². The number of nitrogens with two attached hydrogens (primary N) is 1. The zero-order chi connectivity index (χ0) is 17.4. The number of amides is 1. The van der Waals surface area contributed by atoms with E-state index in [0.29, 0.717) is 17.8 Å². The highest BCUT2D eigenvalue weighted by atomic mass is 16.5. The molecule has 2 saturated heterocycles. The number of fused-ring (bicyclic) bond motifs is 5. The van der Waals surface area contributed by atoms with Crippen LogP contribution < -0.4 is 16.0 Å². The first-order valence-electron chi connectivity index (χ1n) is 7.38. The van der Waals surface area contributed by atoms with E-state index >= 15 is 0 Å². The van der Waals surface area contributed by atoms with Gasteiger partial charge in [0.1, 0.15) is 12.0 Å². The van der Waals surface area contributed by atoms with E-state index in [9.17, 15) is 20.1 Å². The number of ether oxygens (including phenoxy) is 2. The molecule has 1 aromatic rings. The van der Waals surface area contributed by atoms with Crippen molar-refractivity contribution in [1.29, 1.82) is 0 Å². The average molecular weight is 335 g/mol. The molecule has 0 aliphatic carbocycles. The minimum Gasteiger partial charge on any atom is -0.505 e. The summed E-state index contributed by atoms with van der Waals surface area (Å²) in [4.78, 5) is 12.8. The largest absolute Gasteiger partial charge is 0.505 e. The quantitative estimate of drug-likeness (QED) is 0.221. The lowest BCUT2D eigenvalue weighted by Gasteiger charge is -2.35. The number of nitrogens with one attached hydrogen (secondary N) is 1. The number of rotatable bonds is 2. The lowest BCUT2D eigenvalue weighted by molar-refractivity contribution is 0.0498. The fourth-order valence-corrected chi connectivity index (χ4v) is 3.91. The molecule has 3 aliphatic rings. The number of methoxy groups -OCH3 is 1. The van der Waals surface area contributed by atoms with E-state index in [-0.39, 0.29) is 29.0 Å². The van der Waals surface area contributed by atoms with E-state index in [0.717, 1.165) is 6.26 Å². The van der Waals surface area contributed by atoms with Crippen molar-refractivity contribution in [3.05, 3.63) is 17.4 Å². The molecule has 1 aromatic carbocycles. The van der Waals surface area contributed by atoms with Crippen molar-refractivity contribution in [3.8, 4) is 17.2 Å². The first-order valence-corrected chi connectivity index (χ1v) is 7.38. The van der Waals surface area contributed by atoms with Crippen LogP contribution in [0.5, 0.6) is 17.2 Å². The predicted molar refractivity (Wildman–Crippen MR) is 82.6 cm³/mol. The number of carbonyl (C=O) groups is 1. The van der Waals surface area contributed by atoms with E-state index in [1.807, 2.05) is 0 Å². The summed E-state index contributed by atoms with van der Waals surface area (Å²) in [6, 6.07) is 0.0320. The van der Waals surface area contributed by atoms with E-state index in [1.165, 1.54) is 14.0 Å². The monoisotopic (exact) mass is 335 g/mol. The van der Waals surface area contributed by atoms with Crippen LogP contribution in [0.1, 0.15) is 11.1 Å². The molecule has 3 atom stereocenters. The predicted octanol–water partition coefficient (Wildman–Crippen LogP) is 0.0647. The molecule has 6 N–H and O–H groups in total. The maximum atomic E-state index is 11.0. The normalized spacial score (nSPS) is 30.9. The highest BCUT2D eigenvalue weighted by Gasteiger charge is 2.69. The Morgan fingerprint density at radius 2 is 2.08 bits per heavy atom. The topological polar surface area (TPSA) is 147 Å². The van der Waals surface area contributed by atoms with Crippen molar-refractivity contribution < 1.29 is 29.6 Å². The molecule has 128 valence electrons.